The molecule has 236 valence electrons. The number of ether oxygens (including phenoxy) is 5. The Kier molecular flexibility index (Phi) is 12.2. The molecule has 44 heavy (non-hydrogen) atoms. The van der Waals surface area contributed by atoms with Gasteiger partial charge in [0.15, 0.2) is 11.5 Å². The molecule has 9 nitrogen and oxygen atoms in total. The number of thiophene rings is 1. The van der Waals surface area contributed by atoms with E-state index in [-0.39, 0.29) is 6.04 Å². The molecule has 1 aliphatic rings. The highest BCUT2D eigenvalue weighted by Crippen LogP contribution is 2.37. The van der Waals surface area contributed by atoms with E-state index >= 15 is 0 Å². The molecule has 0 saturated carbocycles. The Morgan fingerprint density at radius 1 is 0.864 bits per heavy atom. The van der Waals surface area contributed by atoms with Crippen molar-refractivity contribution in [1.82, 2.24) is 15.3 Å². The van der Waals surface area contributed by atoms with E-state index < -0.39 is 0 Å². The minimum atomic E-state index is 0.0365. The number of methoxy groups -OCH3 is 1. The van der Waals surface area contributed by atoms with Crippen LogP contribution in [0.15, 0.2) is 48.5 Å². The average Bonchev–Trinajstić information content (AvgIpc) is 3.52. The van der Waals surface area contributed by atoms with Crippen LogP contribution in [0.2, 0.25) is 0 Å². The average molecular weight is 621 g/mol. The molecule has 0 spiro atoms. The fourth-order valence-corrected chi connectivity index (χ4v) is 6.23. The first-order valence-corrected chi connectivity index (χ1v) is 16.3. The van der Waals surface area contributed by atoms with E-state index in [9.17, 15) is 0 Å². The van der Waals surface area contributed by atoms with Gasteiger partial charge in [-0.05, 0) is 69.0 Å². The summed E-state index contributed by atoms with van der Waals surface area (Å²) in [6.07, 6.45) is 3.32. The van der Waals surface area contributed by atoms with Crippen LogP contribution in [-0.2, 0) is 20.8 Å². The number of aromatic nitrogens is 2. The summed E-state index contributed by atoms with van der Waals surface area (Å²) >= 11 is 1.81. The van der Waals surface area contributed by atoms with Gasteiger partial charge in [0.05, 0.1) is 51.7 Å². The quantitative estimate of drug-likeness (QED) is 0.246. The number of nitrogens with zero attached hydrogens (tertiary/aromatic N) is 2. The highest BCUT2D eigenvalue weighted by Gasteiger charge is 2.17. The van der Waals surface area contributed by atoms with E-state index in [0.717, 1.165) is 55.7 Å². The molecule has 10 heteroatoms. The van der Waals surface area contributed by atoms with Crippen molar-refractivity contribution in [2.75, 3.05) is 65.2 Å². The zero-order valence-electron chi connectivity index (χ0n) is 26.0. The summed E-state index contributed by atoms with van der Waals surface area (Å²) < 4.78 is 28.8. The summed E-state index contributed by atoms with van der Waals surface area (Å²) in [5, 5.41) is 8.16. The van der Waals surface area contributed by atoms with Gasteiger partial charge in [0.2, 0.25) is 0 Å². The van der Waals surface area contributed by atoms with Gasteiger partial charge in [-0.1, -0.05) is 24.3 Å². The van der Waals surface area contributed by atoms with Crippen molar-refractivity contribution in [3.8, 4) is 21.9 Å². The monoisotopic (exact) mass is 620 g/mol. The molecule has 4 aromatic rings. The Morgan fingerprint density at radius 3 is 2.45 bits per heavy atom. The molecule has 1 aliphatic heterocycles. The van der Waals surface area contributed by atoms with Gasteiger partial charge in [-0.15, -0.1) is 11.3 Å². The molecule has 1 atom stereocenters. The second kappa shape index (κ2) is 16.7. The third kappa shape index (κ3) is 8.89. The molecule has 0 radical (unpaired) electrons. The lowest BCUT2D eigenvalue weighted by Crippen LogP contribution is -2.15. The van der Waals surface area contributed by atoms with Crippen molar-refractivity contribution in [3.05, 3.63) is 64.8 Å². The number of fused-ring (bicyclic) bond motifs is 5. The summed E-state index contributed by atoms with van der Waals surface area (Å²) in [7, 11) is 1.63. The van der Waals surface area contributed by atoms with Crippen LogP contribution in [0.25, 0.3) is 21.3 Å². The van der Waals surface area contributed by atoms with Crippen LogP contribution in [-0.4, -0.2) is 69.9 Å². The van der Waals surface area contributed by atoms with Crippen LogP contribution in [0.5, 0.6) is 11.5 Å². The van der Waals surface area contributed by atoms with Gasteiger partial charge in [0, 0.05) is 34.4 Å². The first-order chi connectivity index (χ1) is 21.6. The van der Waals surface area contributed by atoms with Crippen LogP contribution in [0.1, 0.15) is 48.5 Å². The SMILES string of the molecule is COc1cc2nc(C)nc3c2cc1OCCOCCOCCOCCCCCNCc1ccccc1-c1ccc(s1)[C@H](C)N3. The summed E-state index contributed by atoms with van der Waals surface area (Å²) in [6.45, 7) is 9.66. The van der Waals surface area contributed by atoms with Crippen molar-refractivity contribution in [1.29, 1.82) is 0 Å². The molecular weight excluding hydrogens is 576 g/mol. The van der Waals surface area contributed by atoms with Crippen LogP contribution < -0.4 is 20.1 Å². The summed E-state index contributed by atoms with van der Waals surface area (Å²) in [5.74, 6) is 2.69. The number of hydrogen-bond acceptors (Lipinski definition) is 10. The Labute approximate surface area is 264 Å². The first-order valence-electron chi connectivity index (χ1n) is 15.5. The van der Waals surface area contributed by atoms with Crippen LogP contribution in [0.3, 0.4) is 0 Å². The Bertz CT molecular complexity index is 1480. The van der Waals surface area contributed by atoms with E-state index in [0.29, 0.717) is 57.0 Å². The zero-order valence-corrected chi connectivity index (χ0v) is 26.8. The maximum atomic E-state index is 6.08. The van der Waals surface area contributed by atoms with E-state index in [1.165, 1.54) is 20.9 Å². The molecule has 2 aromatic heterocycles. The molecule has 0 aliphatic carbocycles. The number of aryl methyl sites for hydroxylation is 1. The second-order valence-electron chi connectivity index (χ2n) is 10.8. The Morgan fingerprint density at radius 2 is 1.64 bits per heavy atom. The van der Waals surface area contributed by atoms with Gasteiger partial charge in [0.1, 0.15) is 18.2 Å². The smallest absolute Gasteiger partial charge is 0.162 e. The lowest BCUT2D eigenvalue weighted by Gasteiger charge is -2.17. The maximum absolute atomic E-state index is 6.08. The first kappa shape index (κ1) is 32.1. The number of rotatable bonds is 1. The fourth-order valence-electron chi connectivity index (χ4n) is 5.16. The zero-order chi connectivity index (χ0) is 30.6. The van der Waals surface area contributed by atoms with Crippen LogP contribution >= 0.6 is 11.3 Å². The summed E-state index contributed by atoms with van der Waals surface area (Å²) in [6, 6.07) is 17.0. The van der Waals surface area contributed by atoms with E-state index in [1.807, 2.05) is 30.4 Å². The largest absolute Gasteiger partial charge is 0.493 e. The van der Waals surface area contributed by atoms with Gasteiger partial charge >= 0.3 is 0 Å². The van der Waals surface area contributed by atoms with Crippen molar-refractivity contribution in [2.45, 2.75) is 45.7 Å². The molecule has 0 fully saturated rings. The number of anilines is 1. The summed E-state index contributed by atoms with van der Waals surface area (Å²) in [5.41, 5.74) is 3.37. The third-order valence-electron chi connectivity index (χ3n) is 7.47. The van der Waals surface area contributed by atoms with Crippen molar-refractivity contribution < 1.29 is 23.7 Å². The van der Waals surface area contributed by atoms with Crippen molar-refractivity contribution >= 4 is 28.1 Å². The lowest BCUT2D eigenvalue weighted by molar-refractivity contribution is 0.00869. The van der Waals surface area contributed by atoms with Crippen LogP contribution in [0.4, 0.5) is 5.82 Å². The van der Waals surface area contributed by atoms with E-state index in [2.05, 4.69) is 58.9 Å². The topological polar surface area (TPSA) is 96.0 Å². The molecule has 4 bridgehead atoms. The van der Waals surface area contributed by atoms with E-state index in [4.69, 9.17) is 28.7 Å². The third-order valence-corrected chi connectivity index (χ3v) is 8.77. The number of benzene rings is 2. The minimum Gasteiger partial charge on any atom is -0.493 e. The van der Waals surface area contributed by atoms with Gasteiger partial charge in [-0.25, -0.2) is 9.97 Å². The van der Waals surface area contributed by atoms with Crippen molar-refractivity contribution in [2.24, 2.45) is 0 Å². The molecule has 0 unspecified atom stereocenters. The Balaban J connectivity index is 1.36. The molecule has 2 N–H and O–H groups in total. The molecule has 3 heterocycles. The lowest BCUT2D eigenvalue weighted by atomic mass is 10.1. The normalized spacial score (nSPS) is 18.4. The predicted molar refractivity (Wildman–Crippen MR) is 176 cm³/mol. The van der Waals surface area contributed by atoms with Gasteiger partial charge in [-0.2, -0.15) is 0 Å². The molecule has 0 saturated heterocycles. The van der Waals surface area contributed by atoms with Gasteiger partial charge in [-0.3, -0.25) is 0 Å². The van der Waals surface area contributed by atoms with Crippen molar-refractivity contribution in [3.63, 3.8) is 0 Å². The number of hydrogen-bond donors (Lipinski definition) is 2. The Hall–Kier alpha value is -3.28. The van der Waals surface area contributed by atoms with E-state index in [1.54, 1.807) is 7.11 Å². The highest BCUT2D eigenvalue weighted by atomic mass is 32.1. The number of nitrogens with one attached hydrogen (secondary N) is 2. The standard InChI is InChI=1S/C34H44N4O5S/c1-24-32-11-12-33(44-32)27-10-6-5-9-26(27)23-35-13-7-4-8-14-40-15-16-41-17-18-42-19-20-43-31-21-28-29(22-30(31)39-3)37-25(2)38-34(28)36-24/h5-6,9-12,21-22,24,35H,4,7-8,13-20,23H2,1-3H3,(H,36,37,38)/t24-/m0/s1. The molecular formula is C34H44N4O5S. The molecule has 0 amide bonds. The highest BCUT2D eigenvalue weighted by molar-refractivity contribution is 7.15. The van der Waals surface area contributed by atoms with Gasteiger partial charge in [0.25, 0.3) is 0 Å². The van der Waals surface area contributed by atoms with Crippen LogP contribution in [0, 0.1) is 6.92 Å². The molecule has 5 rings (SSSR count). The second-order valence-corrected chi connectivity index (χ2v) is 11.9. The molecule has 2 aromatic carbocycles. The maximum Gasteiger partial charge on any atom is 0.162 e. The summed E-state index contributed by atoms with van der Waals surface area (Å²) in [4.78, 5) is 11.9. The van der Waals surface area contributed by atoms with Gasteiger partial charge < -0.3 is 34.3 Å². The predicted octanol–water partition coefficient (Wildman–Crippen LogP) is 6.55. The minimum absolute atomic E-state index is 0.0365. The fraction of sp³-hybridized carbons (Fsp3) is 0.471.